The van der Waals surface area contributed by atoms with Crippen LogP contribution in [0.4, 0.5) is 5.69 Å². The molecule has 6 nitrogen and oxygen atoms in total. The highest BCUT2D eigenvalue weighted by Crippen LogP contribution is 2.28. The van der Waals surface area contributed by atoms with Gasteiger partial charge in [-0.3, -0.25) is 10.1 Å². The second-order valence-electron chi connectivity index (χ2n) is 3.83. The van der Waals surface area contributed by atoms with E-state index in [1.54, 1.807) is 37.4 Å². The molecule has 0 radical (unpaired) electrons. The summed E-state index contributed by atoms with van der Waals surface area (Å²) in [5, 5.41) is 19.6. The van der Waals surface area contributed by atoms with Gasteiger partial charge in [-0.1, -0.05) is 0 Å². The predicted octanol–water partition coefficient (Wildman–Crippen LogP) is 3.27. The average molecular weight is 270 g/mol. The number of nitro groups is 1. The molecule has 20 heavy (non-hydrogen) atoms. The molecule has 0 atom stereocenters. The Morgan fingerprint density at radius 3 is 2.25 bits per heavy atom. The number of hydrogen-bond donors (Lipinski definition) is 0. The Hall–Kier alpha value is -3.07. The van der Waals surface area contributed by atoms with Gasteiger partial charge in [-0.15, -0.1) is 0 Å². The summed E-state index contributed by atoms with van der Waals surface area (Å²) in [7, 11) is 1.56. The van der Waals surface area contributed by atoms with E-state index in [1.807, 2.05) is 0 Å². The van der Waals surface area contributed by atoms with Gasteiger partial charge in [0.25, 0.3) is 5.69 Å². The number of benzene rings is 2. The fourth-order valence-corrected chi connectivity index (χ4v) is 1.61. The summed E-state index contributed by atoms with van der Waals surface area (Å²) < 4.78 is 10.6. The molecule has 0 amide bonds. The molecular formula is C14H10N2O4. The zero-order chi connectivity index (χ0) is 14.5. The topological polar surface area (TPSA) is 85.4 Å². The van der Waals surface area contributed by atoms with Gasteiger partial charge in [-0.05, 0) is 30.3 Å². The molecule has 0 bridgehead atoms. The first-order valence-electron chi connectivity index (χ1n) is 5.64. The number of hydrogen-bond acceptors (Lipinski definition) is 5. The highest BCUT2D eigenvalue weighted by Gasteiger charge is 2.14. The van der Waals surface area contributed by atoms with E-state index in [9.17, 15) is 10.1 Å². The van der Waals surface area contributed by atoms with Crippen LogP contribution in [0.3, 0.4) is 0 Å². The first-order valence-corrected chi connectivity index (χ1v) is 5.64. The Kier molecular flexibility index (Phi) is 3.82. The standard InChI is InChI=1S/C14H10N2O4/c1-19-11-2-4-12(5-3-11)20-13-6-7-14(16(17)18)10(8-13)9-15/h2-8H,1H3. The molecule has 2 aromatic carbocycles. The van der Waals surface area contributed by atoms with Crippen LogP contribution < -0.4 is 9.47 Å². The van der Waals surface area contributed by atoms with Gasteiger partial charge in [0.05, 0.1) is 12.0 Å². The first kappa shape index (κ1) is 13.4. The van der Waals surface area contributed by atoms with Crippen LogP contribution in [-0.4, -0.2) is 12.0 Å². The van der Waals surface area contributed by atoms with Gasteiger partial charge in [-0.2, -0.15) is 5.26 Å². The summed E-state index contributed by atoms with van der Waals surface area (Å²) in [4.78, 5) is 10.1. The molecule has 0 aromatic heterocycles. The normalized spacial score (nSPS) is 9.60. The zero-order valence-corrected chi connectivity index (χ0v) is 10.6. The molecule has 2 aromatic rings. The van der Waals surface area contributed by atoms with Gasteiger partial charge in [0.15, 0.2) is 0 Å². The SMILES string of the molecule is COc1ccc(Oc2ccc([N+](=O)[O-])c(C#N)c2)cc1. The third kappa shape index (κ3) is 2.84. The molecule has 100 valence electrons. The van der Waals surface area contributed by atoms with Crippen LogP contribution >= 0.6 is 0 Å². The van der Waals surface area contributed by atoms with Gasteiger partial charge >= 0.3 is 0 Å². The van der Waals surface area contributed by atoms with E-state index in [0.717, 1.165) is 0 Å². The van der Waals surface area contributed by atoms with Gasteiger partial charge < -0.3 is 9.47 Å². The van der Waals surface area contributed by atoms with Gasteiger partial charge in [-0.25, -0.2) is 0 Å². The second kappa shape index (κ2) is 5.71. The number of methoxy groups -OCH3 is 1. The molecule has 6 heteroatoms. The molecule has 0 saturated carbocycles. The van der Waals surface area contributed by atoms with E-state index in [2.05, 4.69) is 0 Å². The van der Waals surface area contributed by atoms with Crippen LogP contribution in [-0.2, 0) is 0 Å². The Bertz CT molecular complexity index is 675. The Balaban J connectivity index is 2.25. The fraction of sp³-hybridized carbons (Fsp3) is 0.0714. The smallest absolute Gasteiger partial charge is 0.287 e. The maximum Gasteiger partial charge on any atom is 0.287 e. The number of nitriles is 1. The first-order chi connectivity index (χ1) is 9.63. The van der Waals surface area contributed by atoms with Crippen molar-refractivity contribution in [3.8, 4) is 23.3 Å². The predicted molar refractivity (Wildman–Crippen MR) is 70.9 cm³/mol. The number of ether oxygens (including phenoxy) is 2. The van der Waals surface area contributed by atoms with Crippen molar-refractivity contribution in [1.29, 1.82) is 5.26 Å². The maximum absolute atomic E-state index is 10.7. The molecule has 0 fully saturated rings. The quantitative estimate of drug-likeness (QED) is 0.628. The van der Waals surface area contributed by atoms with E-state index in [1.165, 1.54) is 18.2 Å². The monoisotopic (exact) mass is 270 g/mol. The van der Waals surface area contributed by atoms with Crippen molar-refractivity contribution < 1.29 is 14.4 Å². The minimum absolute atomic E-state index is 0.0407. The van der Waals surface area contributed by atoms with E-state index in [0.29, 0.717) is 17.2 Å². The van der Waals surface area contributed by atoms with Crippen LogP contribution in [0.5, 0.6) is 17.2 Å². The van der Waals surface area contributed by atoms with Crippen molar-refractivity contribution in [2.45, 2.75) is 0 Å². The Labute approximate surface area is 114 Å². The molecule has 0 aliphatic heterocycles. The summed E-state index contributed by atoms with van der Waals surface area (Å²) in [5.41, 5.74) is -0.282. The summed E-state index contributed by atoms with van der Waals surface area (Å²) in [6.07, 6.45) is 0. The number of nitro benzene ring substituents is 1. The third-order valence-electron chi connectivity index (χ3n) is 2.58. The fourth-order valence-electron chi connectivity index (χ4n) is 1.61. The largest absolute Gasteiger partial charge is 0.497 e. The highest BCUT2D eigenvalue weighted by molar-refractivity contribution is 5.52. The minimum atomic E-state index is -0.601. The molecule has 0 heterocycles. The second-order valence-corrected chi connectivity index (χ2v) is 3.83. The summed E-state index contributed by atoms with van der Waals surface area (Å²) >= 11 is 0. The lowest BCUT2D eigenvalue weighted by atomic mass is 10.2. The molecule has 0 aliphatic rings. The van der Waals surface area contributed by atoms with Crippen molar-refractivity contribution in [2.24, 2.45) is 0 Å². The van der Waals surface area contributed by atoms with E-state index < -0.39 is 4.92 Å². The van der Waals surface area contributed by atoms with Gasteiger partial charge in [0.1, 0.15) is 28.9 Å². The van der Waals surface area contributed by atoms with E-state index in [4.69, 9.17) is 14.7 Å². The van der Waals surface area contributed by atoms with Crippen LogP contribution in [0.25, 0.3) is 0 Å². The van der Waals surface area contributed by atoms with Crippen LogP contribution in [0.1, 0.15) is 5.56 Å². The molecule has 2 rings (SSSR count). The van der Waals surface area contributed by atoms with Crippen LogP contribution in [0, 0.1) is 21.4 Å². The number of rotatable bonds is 4. The molecule has 0 N–H and O–H groups in total. The number of nitrogens with zero attached hydrogens (tertiary/aromatic N) is 2. The zero-order valence-electron chi connectivity index (χ0n) is 10.6. The van der Waals surface area contributed by atoms with Crippen LogP contribution in [0.15, 0.2) is 42.5 Å². The minimum Gasteiger partial charge on any atom is -0.497 e. The third-order valence-corrected chi connectivity index (χ3v) is 2.58. The van der Waals surface area contributed by atoms with Crippen molar-refractivity contribution in [2.75, 3.05) is 7.11 Å². The summed E-state index contributed by atoms with van der Waals surface area (Å²) in [6.45, 7) is 0. The van der Waals surface area contributed by atoms with Gasteiger partial charge in [0.2, 0.25) is 0 Å². The lowest BCUT2D eigenvalue weighted by Crippen LogP contribution is -1.93. The van der Waals surface area contributed by atoms with Crippen LogP contribution in [0.2, 0.25) is 0 Å². The molecule has 0 spiro atoms. The van der Waals surface area contributed by atoms with Crippen molar-refractivity contribution >= 4 is 5.69 Å². The summed E-state index contributed by atoms with van der Waals surface area (Å²) in [6, 6.07) is 12.7. The van der Waals surface area contributed by atoms with Crippen molar-refractivity contribution in [3.63, 3.8) is 0 Å². The Morgan fingerprint density at radius 1 is 1.10 bits per heavy atom. The Morgan fingerprint density at radius 2 is 1.70 bits per heavy atom. The molecular weight excluding hydrogens is 260 g/mol. The van der Waals surface area contributed by atoms with E-state index in [-0.39, 0.29) is 11.3 Å². The van der Waals surface area contributed by atoms with Crippen molar-refractivity contribution in [3.05, 3.63) is 58.1 Å². The lowest BCUT2D eigenvalue weighted by molar-refractivity contribution is -0.385. The molecule has 0 saturated heterocycles. The molecule has 0 unspecified atom stereocenters. The lowest BCUT2D eigenvalue weighted by Gasteiger charge is -2.07. The molecule has 0 aliphatic carbocycles. The van der Waals surface area contributed by atoms with Gasteiger partial charge in [0, 0.05) is 12.1 Å². The average Bonchev–Trinajstić information content (AvgIpc) is 2.47. The maximum atomic E-state index is 10.7. The van der Waals surface area contributed by atoms with E-state index >= 15 is 0 Å². The summed E-state index contributed by atoms with van der Waals surface area (Å²) in [5.74, 6) is 1.60. The van der Waals surface area contributed by atoms with Crippen molar-refractivity contribution in [1.82, 2.24) is 0 Å². The highest BCUT2D eigenvalue weighted by atomic mass is 16.6.